The normalized spacial score (nSPS) is 9.53. The monoisotopic (exact) mass is 229 g/mol. The third-order valence-corrected chi connectivity index (χ3v) is 1.54. The maximum atomic E-state index is 11.8. The summed E-state index contributed by atoms with van der Waals surface area (Å²) < 4.78 is 27.8. The number of hydrogen-bond acceptors (Lipinski definition) is 3. The molecule has 0 heterocycles. The molecule has 0 unspecified atom stereocenters. The van der Waals surface area contributed by atoms with E-state index in [1.165, 1.54) is 18.2 Å². The van der Waals surface area contributed by atoms with Crippen LogP contribution < -0.4 is 4.74 Å². The number of isothiocyanates is 1. The van der Waals surface area contributed by atoms with E-state index in [9.17, 15) is 13.6 Å². The SMILES string of the molecule is O=C(N=C=S)c1cccc(OC(F)F)c1. The van der Waals surface area contributed by atoms with E-state index < -0.39 is 12.5 Å². The van der Waals surface area contributed by atoms with Crippen LogP contribution >= 0.6 is 12.2 Å². The lowest BCUT2D eigenvalue weighted by atomic mass is 10.2. The Bertz CT molecular complexity index is 416. The van der Waals surface area contributed by atoms with E-state index in [1.54, 1.807) is 0 Å². The van der Waals surface area contributed by atoms with Gasteiger partial charge in [-0.05, 0) is 30.4 Å². The summed E-state index contributed by atoms with van der Waals surface area (Å²) in [6.07, 6.45) is 0. The highest BCUT2D eigenvalue weighted by atomic mass is 32.1. The van der Waals surface area contributed by atoms with Crippen molar-refractivity contribution in [3.63, 3.8) is 0 Å². The van der Waals surface area contributed by atoms with Gasteiger partial charge < -0.3 is 4.74 Å². The lowest BCUT2D eigenvalue weighted by molar-refractivity contribution is -0.0498. The molecule has 1 aromatic rings. The number of rotatable bonds is 3. The van der Waals surface area contributed by atoms with Crippen molar-refractivity contribution < 1.29 is 18.3 Å². The van der Waals surface area contributed by atoms with E-state index in [0.29, 0.717) is 0 Å². The quantitative estimate of drug-likeness (QED) is 0.590. The largest absolute Gasteiger partial charge is 0.435 e. The Labute approximate surface area is 89.4 Å². The molecule has 1 rings (SSSR count). The average Bonchev–Trinajstić information content (AvgIpc) is 2.17. The first-order chi connectivity index (χ1) is 7.13. The zero-order chi connectivity index (χ0) is 11.3. The second kappa shape index (κ2) is 5.29. The first kappa shape index (κ1) is 11.4. The minimum absolute atomic E-state index is 0.101. The van der Waals surface area contributed by atoms with Gasteiger partial charge in [-0.25, -0.2) is 0 Å². The first-order valence-corrected chi connectivity index (χ1v) is 4.21. The van der Waals surface area contributed by atoms with Gasteiger partial charge in [0, 0.05) is 5.56 Å². The number of aliphatic imine (C=N–C) groups is 1. The molecule has 3 nitrogen and oxygen atoms in total. The Kier molecular flexibility index (Phi) is 4.03. The van der Waals surface area contributed by atoms with E-state index in [0.717, 1.165) is 6.07 Å². The molecular weight excluding hydrogens is 224 g/mol. The third kappa shape index (κ3) is 3.53. The predicted octanol–water partition coefficient (Wildman–Crippen LogP) is 2.53. The minimum Gasteiger partial charge on any atom is -0.435 e. The standard InChI is InChI=1S/C9H5F2NO2S/c10-9(11)14-7-3-1-2-6(4-7)8(13)12-5-15/h1-4,9H. The Balaban J connectivity index is 2.92. The molecule has 0 fully saturated rings. The van der Waals surface area contributed by atoms with Crippen LogP contribution in [0.4, 0.5) is 8.78 Å². The van der Waals surface area contributed by atoms with Crippen LogP contribution in [0.1, 0.15) is 10.4 Å². The van der Waals surface area contributed by atoms with Crippen molar-refractivity contribution in [2.24, 2.45) is 4.99 Å². The fourth-order valence-electron chi connectivity index (χ4n) is 0.911. The number of alkyl halides is 2. The second-order valence-electron chi connectivity index (χ2n) is 2.41. The first-order valence-electron chi connectivity index (χ1n) is 3.80. The van der Waals surface area contributed by atoms with Crippen LogP contribution in [0.2, 0.25) is 0 Å². The van der Waals surface area contributed by atoms with E-state index >= 15 is 0 Å². The van der Waals surface area contributed by atoms with Crippen LogP contribution in [0, 0.1) is 0 Å². The van der Waals surface area contributed by atoms with Crippen molar-refractivity contribution in [1.82, 2.24) is 0 Å². The van der Waals surface area contributed by atoms with Crippen molar-refractivity contribution in [2.75, 3.05) is 0 Å². The molecule has 1 aromatic carbocycles. The zero-order valence-electron chi connectivity index (χ0n) is 7.31. The third-order valence-electron chi connectivity index (χ3n) is 1.45. The molecule has 1 amide bonds. The molecule has 78 valence electrons. The van der Waals surface area contributed by atoms with Gasteiger partial charge in [-0.3, -0.25) is 4.79 Å². The van der Waals surface area contributed by atoms with Crippen LogP contribution in [0.5, 0.6) is 5.75 Å². The van der Waals surface area contributed by atoms with Gasteiger partial charge >= 0.3 is 6.61 Å². The molecule has 0 bridgehead atoms. The van der Waals surface area contributed by atoms with Gasteiger partial charge in [-0.2, -0.15) is 13.8 Å². The highest BCUT2D eigenvalue weighted by Gasteiger charge is 2.08. The second-order valence-corrected chi connectivity index (χ2v) is 2.60. The van der Waals surface area contributed by atoms with Gasteiger partial charge in [0.1, 0.15) is 5.75 Å². The van der Waals surface area contributed by atoms with Crippen LogP contribution in [-0.2, 0) is 0 Å². The van der Waals surface area contributed by atoms with Crippen molar-refractivity contribution in [3.05, 3.63) is 29.8 Å². The topological polar surface area (TPSA) is 38.7 Å². The van der Waals surface area contributed by atoms with Crippen LogP contribution in [0.15, 0.2) is 29.3 Å². The molecule has 15 heavy (non-hydrogen) atoms. The Morgan fingerprint density at radius 2 is 2.27 bits per heavy atom. The lowest BCUT2D eigenvalue weighted by Gasteiger charge is -2.04. The molecule has 0 saturated heterocycles. The summed E-state index contributed by atoms with van der Waals surface area (Å²) in [5, 5.41) is 1.90. The zero-order valence-corrected chi connectivity index (χ0v) is 8.13. The van der Waals surface area contributed by atoms with Crippen molar-refractivity contribution in [3.8, 4) is 5.75 Å². The van der Waals surface area contributed by atoms with Crippen molar-refractivity contribution in [1.29, 1.82) is 0 Å². The summed E-state index contributed by atoms with van der Waals surface area (Å²) in [7, 11) is 0. The van der Waals surface area contributed by atoms with Crippen LogP contribution in [0.3, 0.4) is 0 Å². The van der Waals surface area contributed by atoms with Gasteiger partial charge in [0.05, 0.1) is 5.16 Å². The molecule has 0 aromatic heterocycles. The molecule has 6 heteroatoms. The summed E-state index contributed by atoms with van der Waals surface area (Å²) >= 11 is 4.24. The summed E-state index contributed by atoms with van der Waals surface area (Å²) in [6.45, 7) is -2.93. The lowest BCUT2D eigenvalue weighted by Crippen LogP contribution is -2.03. The number of carbonyl (C=O) groups excluding carboxylic acids is 1. The minimum atomic E-state index is -2.93. The number of nitrogens with zero attached hydrogens (tertiary/aromatic N) is 1. The fraction of sp³-hybridized carbons (Fsp3) is 0.111. The molecule has 0 N–H and O–H groups in total. The van der Waals surface area contributed by atoms with Crippen LogP contribution in [-0.4, -0.2) is 17.7 Å². The van der Waals surface area contributed by atoms with Gasteiger partial charge in [0.15, 0.2) is 0 Å². The smallest absolute Gasteiger partial charge is 0.387 e. The van der Waals surface area contributed by atoms with Gasteiger partial charge in [-0.15, -0.1) is 0 Å². The molecule has 0 aliphatic carbocycles. The van der Waals surface area contributed by atoms with Gasteiger partial charge in [0.25, 0.3) is 5.91 Å². The predicted molar refractivity (Wildman–Crippen MR) is 52.4 cm³/mol. The molecule has 0 radical (unpaired) electrons. The molecule has 0 aliphatic heterocycles. The molecule has 0 atom stereocenters. The van der Waals surface area contributed by atoms with Crippen molar-refractivity contribution in [2.45, 2.75) is 6.61 Å². The van der Waals surface area contributed by atoms with E-state index in [4.69, 9.17) is 0 Å². The number of thiocarbonyl (C=S) groups is 1. The molecule has 0 aliphatic rings. The average molecular weight is 229 g/mol. The number of halogens is 2. The highest BCUT2D eigenvalue weighted by molar-refractivity contribution is 7.78. The summed E-state index contributed by atoms with van der Waals surface area (Å²) in [5.74, 6) is -0.750. The maximum Gasteiger partial charge on any atom is 0.387 e. The highest BCUT2D eigenvalue weighted by Crippen LogP contribution is 2.16. The molecule has 0 saturated carbocycles. The van der Waals surface area contributed by atoms with E-state index in [2.05, 4.69) is 21.9 Å². The Morgan fingerprint density at radius 1 is 1.53 bits per heavy atom. The van der Waals surface area contributed by atoms with E-state index in [1.807, 2.05) is 5.16 Å². The van der Waals surface area contributed by atoms with Gasteiger partial charge in [0.2, 0.25) is 0 Å². The molecular formula is C9H5F2NO2S. The Hall–Kier alpha value is -1.65. The summed E-state index contributed by atoms with van der Waals surface area (Å²) in [6, 6.07) is 5.29. The summed E-state index contributed by atoms with van der Waals surface area (Å²) in [5.41, 5.74) is 0.116. The van der Waals surface area contributed by atoms with E-state index in [-0.39, 0.29) is 11.3 Å². The molecule has 0 spiro atoms. The van der Waals surface area contributed by atoms with Crippen LogP contribution in [0.25, 0.3) is 0 Å². The Morgan fingerprint density at radius 3 is 2.87 bits per heavy atom. The maximum absolute atomic E-state index is 11.8. The summed E-state index contributed by atoms with van der Waals surface area (Å²) in [4.78, 5) is 14.3. The van der Waals surface area contributed by atoms with Gasteiger partial charge in [-0.1, -0.05) is 6.07 Å². The number of ether oxygens (including phenoxy) is 1. The number of amides is 1. The van der Waals surface area contributed by atoms with Crippen molar-refractivity contribution >= 4 is 23.3 Å². The number of hydrogen-bond donors (Lipinski definition) is 0. The number of benzene rings is 1. The number of carbonyl (C=O) groups is 1. The fourth-order valence-corrected chi connectivity index (χ4v) is 0.994.